The van der Waals surface area contributed by atoms with Gasteiger partial charge in [0.1, 0.15) is 5.82 Å². The minimum Gasteiger partial charge on any atom is -0.341 e. The van der Waals surface area contributed by atoms with Crippen molar-refractivity contribution >= 4 is 32.7 Å². The number of carbonyl (C=O) groups excluding carboxylic acids is 1. The first kappa shape index (κ1) is 19.3. The highest BCUT2D eigenvalue weighted by Gasteiger charge is 2.38. The van der Waals surface area contributed by atoms with Gasteiger partial charge in [0, 0.05) is 25.2 Å². The highest BCUT2D eigenvalue weighted by Crippen LogP contribution is 2.37. The lowest BCUT2D eigenvalue weighted by Crippen LogP contribution is -2.32. The molecule has 7 nitrogen and oxygen atoms in total. The molecule has 0 saturated carbocycles. The van der Waals surface area contributed by atoms with Crippen LogP contribution >= 0.6 is 0 Å². The maximum Gasteiger partial charge on any atom is 0.244 e. The zero-order valence-electron chi connectivity index (χ0n) is 16.8. The van der Waals surface area contributed by atoms with Gasteiger partial charge in [-0.05, 0) is 62.1 Å². The maximum absolute atomic E-state index is 13.6. The fourth-order valence-electron chi connectivity index (χ4n) is 4.57. The van der Waals surface area contributed by atoms with Crippen molar-refractivity contribution in [1.29, 1.82) is 0 Å². The van der Waals surface area contributed by atoms with Crippen molar-refractivity contribution in [2.45, 2.75) is 43.5 Å². The number of nitrogens with one attached hydrogen (secondary N) is 1. The smallest absolute Gasteiger partial charge is 0.244 e. The Kier molecular flexibility index (Phi) is 4.63. The van der Waals surface area contributed by atoms with E-state index in [0.717, 1.165) is 36.0 Å². The van der Waals surface area contributed by atoms with Crippen LogP contribution in [0.4, 0.5) is 5.69 Å². The number of benzene rings is 2. The van der Waals surface area contributed by atoms with Crippen LogP contribution in [0.3, 0.4) is 0 Å². The SMILES string of the molecule is Cc1cc(N2CCCC2=O)ccc1S(=O)(=O)N1CCCC1c1nc2ccccc2[nH]1. The van der Waals surface area contributed by atoms with Crippen molar-refractivity contribution in [3.63, 3.8) is 0 Å². The van der Waals surface area contributed by atoms with E-state index in [-0.39, 0.29) is 11.9 Å². The number of aromatic nitrogens is 2. The number of para-hydroxylation sites is 2. The average molecular weight is 425 g/mol. The summed E-state index contributed by atoms with van der Waals surface area (Å²) in [5, 5.41) is 0. The molecule has 1 aromatic heterocycles. The van der Waals surface area contributed by atoms with E-state index in [0.29, 0.717) is 35.8 Å². The highest BCUT2D eigenvalue weighted by atomic mass is 32.2. The Balaban J connectivity index is 1.48. The van der Waals surface area contributed by atoms with E-state index in [1.807, 2.05) is 30.3 Å². The number of aromatic amines is 1. The molecule has 0 spiro atoms. The van der Waals surface area contributed by atoms with Gasteiger partial charge in [-0.1, -0.05) is 12.1 Å². The van der Waals surface area contributed by atoms with Crippen molar-refractivity contribution in [3.05, 3.63) is 53.9 Å². The van der Waals surface area contributed by atoms with Gasteiger partial charge in [-0.15, -0.1) is 0 Å². The molecule has 1 amide bonds. The lowest BCUT2D eigenvalue weighted by atomic mass is 10.2. The van der Waals surface area contributed by atoms with E-state index < -0.39 is 10.0 Å². The molecule has 2 aromatic carbocycles. The third kappa shape index (κ3) is 3.11. The number of anilines is 1. The maximum atomic E-state index is 13.6. The lowest BCUT2D eigenvalue weighted by molar-refractivity contribution is -0.117. The van der Waals surface area contributed by atoms with Crippen molar-refractivity contribution < 1.29 is 13.2 Å². The van der Waals surface area contributed by atoms with E-state index in [1.165, 1.54) is 0 Å². The molecular weight excluding hydrogens is 400 g/mol. The van der Waals surface area contributed by atoms with Crippen molar-refractivity contribution in [2.75, 3.05) is 18.0 Å². The minimum atomic E-state index is -3.69. The van der Waals surface area contributed by atoms with Crippen LogP contribution in [0, 0.1) is 6.92 Å². The number of rotatable bonds is 4. The van der Waals surface area contributed by atoms with Crippen LogP contribution in [-0.4, -0.2) is 41.7 Å². The number of fused-ring (bicyclic) bond motifs is 1. The number of amides is 1. The molecule has 0 bridgehead atoms. The van der Waals surface area contributed by atoms with Crippen LogP contribution < -0.4 is 4.90 Å². The number of nitrogens with zero attached hydrogens (tertiary/aromatic N) is 3. The Bertz CT molecular complexity index is 1200. The first-order valence-electron chi connectivity index (χ1n) is 10.3. The standard InChI is InChI=1S/C22H24N4O3S/c1-15-14-16(25-12-5-9-21(25)27)10-11-20(15)30(28,29)26-13-4-8-19(26)22-23-17-6-2-3-7-18(17)24-22/h2-3,6-7,10-11,14,19H,4-5,8-9,12-13H2,1H3,(H,23,24). The van der Waals surface area contributed by atoms with E-state index >= 15 is 0 Å². The Hall–Kier alpha value is -2.71. The summed E-state index contributed by atoms with van der Waals surface area (Å²) in [6.45, 7) is 2.95. The molecule has 5 rings (SSSR count). The van der Waals surface area contributed by atoms with Crippen LogP contribution in [0.5, 0.6) is 0 Å². The second kappa shape index (κ2) is 7.21. The predicted octanol–water partition coefficient (Wildman–Crippen LogP) is 3.52. The predicted molar refractivity (Wildman–Crippen MR) is 115 cm³/mol. The summed E-state index contributed by atoms with van der Waals surface area (Å²) in [7, 11) is -3.69. The van der Waals surface area contributed by atoms with Gasteiger partial charge < -0.3 is 9.88 Å². The van der Waals surface area contributed by atoms with Crippen LogP contribution in [-0.2, 0) is 14.8 Å². The summed E-state index contributed by atoms with van der Waals surface area (Å²) in [4.78, 5) is 22.0. The largest absolute Gasteiger partial charge is 0.341 e. The minimum absolute atomic E-state index is 0.0921. The Morgan fingerprint density at radius 1 is 1.10 bits per heavy atom. The van der Waals surface area contributed by atoms with Crippen molar-refractivity contribution in [3.8, 4) is 0 Å². The monoisotopic (exact) mass is 424 g/mol. The fraction of sp³-hybridized carbons (Fsp3) is 0.364. The topological polar surface area (TPSA) is 86.4 Å². The van der Waals surface area contributed by atoms with Crippen LogP contribution in [0.2, 0.25) is 0 Å². The fourth-order valence-corrected chi connectivity index (χ4v) is 6.44. The normalized spacial score (nSPS) is 20.5. The van der Waals surface area contributed by atoms with Gasteiger partial charge in [0.15, 0.2) is 0 Å². The number of hydrogen-bond donors (Lipinski definition) is 1. The second-order valence-electron chi connectivity index (χ2n) is 8.01. The summed E-state index contributed by atoms with van der Waals surface area (Å²) in [6, 6.07) is 12.6. The molecule has 156 valence electrons. The van der Waals surface area contributed by atoms with Gasteiger partial charge in [-0.3, -0.25) is 4.79 Å². The lowest BCUT2D eigenvalue weighted by Gasteiger charge is -2.24. The summed E-state index contributed by atoms with van der Waals surface area (Å²) in [5.41, 5.74) is 3.17. The van der Waals surface area contributed by atoms with Crippen molar-refractivity contribution in [1.82, 2.24) is 14.3 Å². The molecule has 2 aliphatic rings. The zero-order valence-corrected chi connectivity index (χ0v) is 17.7. The van der Waals surface area contributed by atoms with E-state index in [9.17, 15) is 13.2 Å². The number of hydrogen-bond acceptors (Lipinski definition) is 4. The first-order valence-corrected chi connectivity index (χ1v) is 11.8. The number of aryl methyl sites for hydroxylation is 1. The molecule has 1 atom stereocenters. The average Bonchev–Trinajstić information content (AvgIpc) is 3.46. The Labute approximate surface area is 175 Å². The summed E-state index contributed by atoms with van der Waals surface area (Å²) >= 11 is 0. The van der Waals surface area contributed by atoms with Gasteiger partial charge in [-0.2, -0.15) is 4.31 Å². The molecule has 3 heterocycles. The molecule has 30 heavy (non-hydrogen) atoms. The van der Waals surface area contributed by atoms with Crippen LogP contribution in [0.1, 0.15) is 43.1 Å². The number of H-pyrrole nitrogens is 1. The quantitative estimate of drug-likeness (QED) is 0.694. The van der Waals surface area contributed by atoms with E-state index in [4.69, 9.17) is 0 Å². The number of sulfonamides is 1. The molecule has 8 heteroatoms. The number of carbonyl (C=O) groups is 1. The van der Waals surface area contributed by atoms with Crippen LogP contribution in [0.15, 0.2) is 47.4 Å². The zero-order chi connectivity index (χ0) is 20.9. The molecule has 3 aromatic rings. The Morgan fingerprint density at radius 2 is 1.93 bits per heavy atom. The molecule has 2 fully saturated rings. The van der Waals surface area contributed by atoms with Crippen molar-refractivity contribution in [2.24, 2.45) is 0 Å². The molecule has 2 saturated heterocycles. The van der Waals surface area contributed by atoms with E-state index in [2.05, 4.69) is 9.97 Å². The van der Waals surface area contributed by atoms with Gasteiger partial charge in [0.25, 0.3) is 0 Å². The molecule has 0 radical (unpaired) electrons. The third-order valence-corrected chi connectivity index (χ3v) is 8.13. The second-order valence-corrected chi connectivity index (χ2v) is 9.87. The molecule has 1 N–H and O–H groups in total. The van der Waals surface area contributed by atoms with Gasteiger partial charge in [0.05, 0.1) is 22.0 Å². The van der Waals surface area contributed by atoms with Gasteiger partial charge >= 0.3 is 0 Å². The van der Waals surface area contributed by atoms with Crippen LogP contribution in [0.25, 0.3) is 11.0 Å². The number of imidazole rings is 1. The highest BCUT2D eigenvalue weighted by molar-refractivity contribution is 7.89. The summed E-state index contributed by atoms with van der Waals surface area (Å²) in [5.74, 6) is 0.781. The molecule has 0 aliphatic carbocycles. The van der Waals surface area contributed by atoms with Gasteiger partial charge in [0.2, 0.25) is 15.9 Å². The molecule has 1 unspecified atom stereocenters. The van der Waals surface area contributed by atoms with Gasteiger partial charge in [-0.25, -0.2) is 13.4 Å². The summed E-state index contributed by atoms with van der Waals surface area (Å²) < 4.78 is 28.7. The Morgan fingerprint density at radius 3 is 2.67 bits per heavy atom. The summed E-state index contributed by atoms with van der Waals surface area (Å²) in [6.07, 6.45) is 2.91. The first-order chi connectivity index (χ1) is 14.4. The third-order valence-electron chi connectivity index (χ3n) is 6.06. The van der Waals surface area contributed by atoms with E-state index in [1.54, 1.807) is 28.3 Å². The molecule has 2 aliphatic heterocycles. The molecular formula is C22H24N4O3S.